The third-order valence-corrected chi connectivity index (χ3v) is 5.13. The highest BCUT2D eigenvalue weighted by Crippen LogP contribution is 2.35. The molecular weight excluding hydrogens is 381 g/mol. The number of thioether (sulfide) groups is 1. The molecule has 5 nitrogen and oxygen atoms in total. The van der Waals surface area contributed by atoms with Gasteiger partial charge in [-0.25, -0.2) is 4.98 Å². The summed E-state index contributed by atoms with van der Waals surface area (Å²) in [6.45, 7) is 2.14. The highest BCUT2D eigenvalue weighted by molar-refractivity contribution is 7.98. The fourth-order valence-electron chi connectivity index (χ4n) is 1.96. The molecule has 0 fully saturated rings. The summed E-state index contributed by atoms with van der Waals surface area (Å²) in [5.41, 5.74) is 1.07. The molecule has 1 aromatic heterocycles. The minimum atomic E-state index is -0.284. The number of amides is 2. The maximum absolute atomic E-state index is 12.1. The van der Waals surface area contributed by atoms with Gasteiger partial charge >= 0.3 is 0 Å². The molecule has 0 aliphatic heterocycles. The second-order valence-corrected chi connectivity index (χ2v) is 6.89. The molecule has 2 aromatic rings. The molecule has 0 atom stereocenters. The van der Waals surface area contributed by atoms with Crippen molar-refractivity contribution in [1.29, 1.82) is 0 Å². The molecule has 0 aliphatic carbocycles. The van der Waals surface area contributed by atoms with Crippen molar-refractivity contribution in [1.82, 2.24) is 15.6 Å². The third-order valence-electron chi connectivity index (χ3n) is 3.11. The summed E-state index contributed by atoms with van der Waals surface area (Å²) < 4.78 is 0. The van der Waals surface area contributed by atoms with Gasteiger partial charge in [-0.2, -0.15) is 0 Å². The minimum Gasteiger partial charge on any atom is -0.355 e. The van der Waals surface area contributed by atoms with E-state index in [1.54, 1.807) is 30.3 Å². The fraction of sp³-hybridized carbons (Fsp3) is 0.235. The number of hydrogen-bond acceptors (Lipinski definition) is 4. The monoisotopic (exact) mass is 397 g/mol. The lowest BCUT2D eigenvalue weighted by Crippen LogP contribution is -2.34. The van der Waals surface area contributed by atoms with Crippen molar-refractivity contribution >= 4 is 46.8 Å². The van der Waals surface area contributed by atoms with Gasteiger partial charge in [0.25, 0.3) is 5.91 Å². The molecule has 0 bridgehead atoms. The summed E-state index contributed by atoms with van der Waals surface area (Å²) >= 11 is 13.8. The van der Waals surface area contributed by atoms with Crippen molar-refractivity contribution in [3.63, 3.8) is 0 Å². The SMILES string of the molecule is CC(=O)NCCNC(=O)c1cccc(CSc2c(Cl)cccc2Cl)n1. The second-order valence-electron chi connectivity index (χ2n) is 5.09. The van der Waals surface area contributed by atoms with E-state index in [-0.39, 0.29) is 11.8 Å². The normalized spacial score (nSPS) is 10.4. The Morgan fingerprint density at radius 3 is 2.36 bits per heavy atom. The molecule has 0 aliphatic rings. The zero-order valence-electron chi connectivity index (χ0n) is 13.5. The van der Waals surface area contributed by atoms with Crippen LogP contribution in [-0.2, 0) is 10.5 Å². The first-order valence-electron chi connectivity index (χ1n) is 7.52. The number of carbonyl (C=O) groups excluding carboxylic acids is 2. The zero-order chi connectivity index (χ0) is 18.2. The topological polar surface area (TPSA) is 71.1 Å². The Labute approximate surface area is 160 Å². The predicted octanol–water partition coefficient (Wildman–Crippen LogP) is 3.55. The van der Waals surface area contributed by atoms with E-state index < -0.39 is 0 Å². The van der Waals surface area contributed by atoms with E-state index in [9.17, 15) is 9.59 Å². The number of nitrogens with one attached hydrogen (secondary N) is 2. The molecule has 132 valence electrons. The number of benzene rings is 1. The average Bonchev–Trinajstić information content (AvgIpc) is 2.58. The van der Waals surface area contributed by atoms with E-state index in [0.717, 1.165) is 10.6 Å². The Hall–Kier alpha value is -1.76. The van der Waals surface area contributed by atoms with E-state index in [4.69, 9.17) is 23.2 Å². The van der Waals surface area contributed by atoms with Gasteiger partial charge in [-0.3, -0.25) is 9.59 Å². The number of pyridine rings is 1. The third kappa shape index (κ3) is 6.23. The Balaban J connectivity index is 1.94. The van der Waals surface area contributed by atoms with Crippen LogP contribution in [0.2, 0.25) is 10.0 Å². The number of nitrogens with zero attached hydrogens (tertiary/aromatic N) is 1. The van der Waals surface area contributed by atoms with Crippen LogP contribution in [0.4, 0.5) is 0 Å². The summed E-state index contributed by atoms with van der Waals surface area (Å²) in [7, 11) is 0. The summed E-state index contributed by atoms with van der Waals surface area (Å²) in [5, 5.41) is 6.49. The first-order chi connectivity index (χ1) is 12.0. The van der Waals surface area contributed by atoms with Crippen LogP contribution in [0.5, 0.6) is 0 Å². The van der Waals surface area contributed by atoms with Crippen LogP contribution >= 0.6 is 35.0 Å². The quantitative estimate of drug-likeness (QED) is 0.553. The molecule has 1 aromatic carbocycles. The van der Waals surface area contributed by atoms with Crippen molar-refractivity contribution in [3.8, 4) is 0 Å². The number of carbonyl (C=O) groups is 2. The minimum absolute atomic E-state index is 0.135. The maximum Gasteiger partial charge on any atom is 0.269 e. The zero-order valence-corrected chi connectivity index (χ0v) is 15.8. The van der Waals surface area contributed by atoms with Crippen molar-refractivity contribution in [2.75, 3.05) is 13.1 Å². The van der Waals surface area contributed by atoms with Gasteiger partial charge in [-0.1, -0.05) is 35.3 Å². The molecule has 8 heteroatoms. The lowest BCUT2D eigenvalue weighted by molar-refractivity contribution is -0.118. The second kappa shape index (κ2) is 9.65. The Morgan fingerprint density at radius 2 is 1.68 bits per heavy atom. The van der Waals surface area contributed by atoms with Gasteiger partial charge in [0.15, 0.2) is 0 Å². The molecule has 2 N–H and O–H groups in total. The summed E-state index contributed by atoms with van der Waals surface area (Å²) in [6.07, 6.45) is 0. The van der Waals surface area contributed by atoms with E-state index >= 15 is 0 Å². The van der Waals surface area contributed by atoms with Crippen LogP contribution < -0.4 is 10.6 Å². The summed E-state index contributed by atoms with van der Waals surface area (Å²) in [4.78, 5) is 28.0. The largest absolute Gasteiger partial charge is 0.355 e. The standard InChI is InChI=1S/C17H17Cl2N3O2S/c1-11(23)20-8-9-21-17(24)15-7-2-4-12(22-15)10-25-16-13(18)5-3-6-14(16)19/h2-7H,8-10H2,1H3,(H,20,23)(H,21,24). The molecule has 2 rings (SSSR count). The molecule has 2 amide bonds. The van der Waals surface area contributed by atoms with Crippen LogP contribution in [0.3, 0.4) is 0 Å². The van der Waals surface area contributed by atoms with Crippen LogP contribution in [-0.4, -0.2) is 29.9 Å². The Bertz CT molecular complexity index is 751. The van der Waals surface area contributed by atoms with E-state index in [1.807, 2.05) is 6.07 Å². The van der Waals surface area contributed by atoms with Crippen molar-refractivity contribution < 1.29 is 9.59 Å². The van der Waals surface area contributed by atoms with E-state index in [1.165, 1.54) is 18.7 Å². The molecule has 1 heterocycles. The highest BCUT2D eigenvalue weighted by atomic mass is 35.5. The number of aromatic nitrogens is 1. The van der Waals surface area contributed by atoms with Crippen LogP contribution in [0, 0.1) is 0 Å². The predicted molar refractivity (Wildman–Crippen MR) is 101 cm³/mol. The smallest absolute Gasteiger partial charge is 0.269 e. The number of hydrogen-bond donors (Lipinski definition) is 2. The first kappa shape index (κ1) is 19.6. The van der Waals surface area contributed by atoms with Crippen LogP contribution in [0.15, 0.2) is 41.3 Å². The van der Waals surface area contributed by atoms with Gasteiger partial charge in [0.1, 0.15) is 5.69 Å². The van der Waals surface area contributed by atoms with Crippen molar-refractivity contribution in [3.05, 3.63) is 57.8 Å². The van der Waals surface area contributed by atoms with Crippen LogP contribution in [0.25, 0.3) is 0 Å². The Kier molecular flexibility index (Phi) is 7.55. The average molecular weight is 398 g/mol. The van der Waals surface area contributed by atoms with E-state index in [0.29, 0.717) is 34.6 Å². The lowest BCUT2D eigenvalue weighted by atomic mass is 10.3. The first-order valence-corrected chi connectivity index (χ1v) is 9.27. The van der Waals surface area contributed by atoms with Crippen LogP contribution in [0.1, 0.15) is 23.1 Å². The maximum atomic E-state index is 12.1. The van der Waals surface area contributed by atoms with Gasteiger partial charge < -0.3 is 10.6 Å². The lowest BCUT2D eigenvalue weighted by Gasteiger charge is -2.08. The number of rotatable bonds is 7. The van der Waals surface area contributed by atoms with E-state index in [2.05, 4.69) is 15.6 Å². The molecule has 0 unspecified atom stereocenters. The van der Waals surface area contributed by atoms with Crippen molar-refractivity contribution in [2.45, 2.75) is 17.6 Å². The molecule has 0 spiro atoms. The van der Waals surface area contributed by atoms with Gasteiger partial charge in [0.05, 0.1) is 15.7 Å². The van der Waals surface area contributed by atoms with Crippen molar-refractivity contribution in [2.24, 2.45) is 0 Å². The molecule has 0 radical (unpaired) electrons. The molecular formula is C17H17Cl2N3O2S. The van der Waals surface area contributed by atoms with Gasteiger partial charge in [-0.15, -0.1) is 11.8 Å². The van der Waals surface area contributed by atoms with Gasteiger partial charge in [0.2, 0.25) is 5.91 Å². The molecule has 25 heavy (non-hydrogen) atoms. The highest BCUT2D eigenvalue weighted by Gasteiger charge is 2.10. The fourth-order valence-corrected chi connectivity index (χ4v) is 3.55. The summed E-state index contributed by atoms with van der Waals surface area (Å²) in [5.74, 6) is 0.119. The summed E-state index contributed by atoms with van der Waals surface area (Å²) in [6, 6.07) is 10.6. The molecule has 0 saturated carbocycles. The van der Waals surface area contributed by atoms with Gasteiger partial charge in [-0.05, 0) is 24.3 Å². The Morgan fingerprint density at radius 1 is 1.04 bits per heavy atom. The number of halogens is 2. The molecule has 0 saturated heterocycles. The van der Waals surface area contributed by atoms with Gasteiger partial charge in [0, 0.05) is 30.7 Å².